The number of ether oxygens (including phenoxy) is 1. The number of morpholine rings is 1. The minimum absolute atomic E-state index is 0.0643. The summed E-state index contributed by atoms with van der Waals surface area (Å²) in [5.41, 5.74) is 1.94. The van der Waals surface area contributed by atoms with Crippen molar-refractivity contribution in [1.82, 2.24) is 15.2 Å². The number of benzene rings is 1. The van der Waals surface area contributed by atoms with Gasteiger partial charge < -0.3 is 15.0 Å². The number of carbonyl (C=O) groups is 1. The Labute approximate surface area is 138 Å². The first kappa shape index (κ1) is 15.8. The molecular weight excluding hydrogens is 314 g/mol. The van der Waals surface area contributed by atoms with Gasteiger partial charge in [-0.1, -0.05) is 11.8 Å². The van der Waals surface area contributed by atoms with Gasteiger partial charge >= 0.3 is 0 Å². The molecule has 1 aliphatic heterocycles. The molecule has 0 bridgehead atoms. The van der Waals surface area contributed by atoms with Gasteiger partial charge in [0.15, 0.2) is 5.16 Å². The maximum absolute atomic E-state index is 12.2. The second-order valence-corrected chi connectivity index (χ2v) is 6.52. The smallest absolute Gasteiger partial charge is 0.237 e. The molecule has 23 heavy (non-hydrogen) atoms. The molecule has 2 N–H and O–H groups in total. The van der Waals surface area contributed by atoms with Crippen molar-refractivity contribution in [3.8, 4) is 0 Å². The Hall–Kier alpha value is -2.06. The fraction of sp³-hybridized carbons (Fsp3) is 0.400. The third-order valence-corrected chi connectivity index (χ3v) is 4.55. The molecule has 122 valence electrons. The normalized spacial score (nSPS) is 16.1. The van der Waals surface area contributed by atoms with Crippen LogP contribution in [0.25, 0.3) is 0 Å². The van der Waals surface area contributed by atoms with Gasteiger partial charge in [0.2, 0.25) is 5.91 Å². The van der Waals surface area contributed by atoms with Crippen molar-refractivity contribution in [2.24, 2.45) is 0 Å². The lowest BCUT2D eigenvalue weighted by Gasteiger charge is -2.28. The van der Waals surface area contributed by atoms with E-state index >= 15 is 0 Å². The maximum Gasteiger partial charge on any atom is 0.237 e. The van der Waals surface area contributed by atoms with Gasteiger partial charge in [0.05, 0.1) is 18.5 Å². The number of thioether (sulfide) groups is 1. The van der Waals surface area contributed by atoms with Gasteiger partial charge in [-0.15, -0.1) is 0 Å². The maximum atomic E-state index is 12.2. The van der Waals surface area contributed by atoms with Gasteiger partial charge in [-0.3, -0.25) is 9.89 Å². The summed E-state index contributed by atoms with van der Waals surface area (Å²) in [7, 11) is 0. The average molecular weight is 333 g/mol. The molecule has 0 radical (unpaired) electrons. The summed E-state index contributed by atoms with van der Waals surface area (Å²) in [4.78, 5) is 18.5. The van der Waals surface area contributed by atoms with E-state index in [0.29, 0.717) is 5.16 Å². The van der Waals surface area contributed by atoms with Crippen molar-refractivity contribution in [3.63, 3.8) is 0 Å². The van der Waals surface area contributed by atoms with Crippen LogP contribution in [0.2, 0.25) is 0 Å². The summed E-state index contributed by atoms with van der Waals surface area (Å²) >= 11 is 1.34. The van der Waals surface area contributed by atoms with Crippen LogP contribution in [0.3, 0.4) is 0 Å². The van der Waals surface area contributed by atoms with Crippen molar-refractivity contribution in [1.29, 1.82) is 0 Å². The van der Waals surface area contributed by atoms with Gasteiger partial charge in [0, 0.05) is 24.5 Å². The lowest BCUT2D eigenvalue weighted by atomic mass is 10.2. The summed E-state index contributed by atoms with van der Waals surface area (Å²) in [6.07, 6.45) is 1.43. The number of aromatic nitrogens is 3. The van der Waals surface area contributed by atoms with Gasteiger partial charge in [-0.25, -0.2) is 4.98 Å². The molecule has 0 aliphatic carbocycles. The minimum Gasteiger partial charge on any atom is -0.378 e. The van der Waals surface area contributed by atoms with Gasteiger partial charge in [0.25, 0.3) is 0 Å². The molecule has 1 fully saturated rings. The Morgan fingerprint density at radius 2 is 2.09 bits per heavy atom. The monoisotopic (exact) mass is 333 g/mol. The van der Waals surface area contributed by atoms with Crippen molar-refractivity contribution in [2.75, 3.05) is 36.5 Å². The van der Waals surface area contributed by atoms with Crippen molar-refractivity contribution in [3.05, 3.63) is 30.6 Å². The molecule has 1 aromatic heterocycles. The first-order valence-electron chi connectivity index (χ1n) is 7.48. The number of amides is 1. The molecule has 2 aromatic rings. The lowest BCUT2D eigenvalue weighted by Crippen LogP contribution is -2.36. The summed E-state index contributed by atoms with van der Waals surface area (Å²) in [5, 5.41) is 9.80. The number of hydrogen-bond acceptors (Lipinski definition) is 6. The number of H-pyrrole nitrogens is 1. The van der Waals surface area contributed by atoms with Gasteiger partial charge in [-0.2, -0.15) is 5.10 Å². The van der Waals surface area contributed by atoms with Crippen LogP contribution in [0.15, 0.2) is 35.7 Å². The van der Waals surface area contributed by atoms with Crippen LogP contribution in [0.5, 0.6) is 0 Å². The fourth-order valence-corrected chi connectivity index (χ4v) is 3.01. The van der Waals surface area contributed by atoms with Crippen LogP contribution in [0.4, 0.5) is 11.4 Å². The summed E-state index contributed by atoms with van der Waals surface area (Å²) in [6, 6.07) is 7.90. The first-order chi connectivity index (χ1) is 11.2. The third kappa shape index (κ3) is 4.23. The van der Waals surface area contributed by atoms with Crippen LogP contribution < -0.4 is 10.2 Å². The van der Waals surface area contributed by atoms with Gasteiger partial charge in [-0.05, 0) is 31.2 Å². The molecule has 1 aliphatic rings. The third-order valence-electron chi connectivity index (χ3n) is 3.56. The Morgan fingerprint density at radius 1 is 1.35 bits per heavy atom. The number of aromatic amines is 1. The molecule has 8 heteroatoms. The highest BCUT2D eigenvalue weighted by atomic mass is 32.2. The number of nitrogens with zero attached hydrogens (tertiary/aromatic N) is 3. The zero-order valence-corrected chi connectivity index (χ0v) is 13.7. The van der Waals surface area contributed by atoms with Crippen LogP contribution >= 0.6 is 11.8 Å². The van der Waals surface area contributed by atoms with E-state index in [1.165, 1.54) is 18.1 Å². The fourth-order valence-electron chi connectivity index (χ4n) is 2.29. The molecule has 7 nitrogen and oxygen atoms in total. The quantitative estimate of drug-likeness (QED) is 0.811. The van der Waals surface area contributed by atoms with Crippen LogP contribution in [-0.4, -0.2) is 52.6 Å². The van der Waals surface area contributed by atoms with E-state index < -0.39 is 0 Å². The molecule has 1 atom stereocenters. The van der Waals surface area contributed by atoms with E-state index in [9.17, 15) is 4.79 Å². The van der Waals surface area contributed by atoms with E-state index in [1.807, 2.05) is 31.2 Å². The summed E-state index contributed by atoms with van der Waals surface area (Å²) in [5.74, 6) is -0.0643. The molecule has 0 saturated carbocycles. The largest absolute Gasteiger partial charge is 0.378 e. The molecular formula is C15H19N5O2S. The standard InChI is InChI=1S/C15H19N5O2S/c1-11(23-15-16-10-17-19-15)14(21)18-12-2-4-13(5-3-12)20-6-8-22-9-7-20/h2-5,10-11H,6-9H2,1H3,(H,18,21)(H,16,17,19). The number of rotatable bonds is 5. The highest BCUT2D eigenvalue weighted by Crippen LogP contribution is 2.22. The van der Waals surface area contributed by atoms with E-state index in [-0.39, 0.29) is 11.2 Å². The Kier molecular flexibility index (Phi) is 5.14. The zero-order valence-electron chi connectivity index (χ0n) is 12.9. The predicted molar refractivity (Wildman–Crippen MR) is 89.8 cm³/mol. The lowest BCUT2D eigenvalue weighted by molar-refractivity contribution is -0.115. The molecule has 1 aromatic carbocycles. The highest BCUT2D eigenvalue weighted by molar-refractivity contribution is 8.00. The molecule has 3 rings (SSSR count). The number of hydrogen-bond donors (Lipinski definition) is 2. The molecule has 0 spiro atoms. The second-order valence-electron chi connectivity index (χ2n) is 5.19. The van der Waals surface area contributed by atoms with Crippen LogP contribution in [0.1, 0.15) is 6.92 Å². The topological polar surface area (TPSA) is 83.1 Å². The average Bonchev–Trinajstić information content (AvgIpc) is 3.09. The molecule has 1 unspecified atom stereocenters. The zero-order chi connectivity index (χ0) is 16.1. The summed E-state index contributed by atoms with van der Waals surface area (Å²) in [6.45, 7) is 5.15. The van der Waals surface area contributed by atoms with E-state index in [1.54, 1.807) is 0 Å². The highest BCUT2D eigenvalue weighted by Gasteiger charge is 2.16. The van der Waals surface area contributed by atoms with Crippen molar-refractivity contribution >= 4 is 29.0 Å². The Bertz CT molecular complexity index is 626. The minimum atomic E-state index is -0.262. The van der Waals surface area contributed by atoms with Crippen LogP contribution in [-0.2, 0) is 9.53 Å². The van der Waals surface area contributed by atoms with E-state index in [2.05, 4.69) is 25.4 Å². The van der Waals surface area contributed by atoms with Crippen molar-refractivity contribution < 1.29 is 9.53 Å². The van der Waals surface area contributed by atoms with Crippen LogP contribution in [0, 0.1) is 0 Å². The number of nitrogens with one attached hydrogen (secondary N) is 2. The van der Waals surface area contributed by atoms with Gasteiger partial charge in [0.1, 0.15) is 6.33 Å². The Morgan fingerprint density at radius 3 is 2.74 bits per heavy atom. The molecule has 2 heterocycles. The molecule has 1 saturated heterocycles. The first-order valence-corrected chi connectivity index (χ1v) is 8.36. The number of anilines is 2. The van der Waals surface area contributed by atoms with E-state index in [4.69, 9.17) is 4.74 Å². The van der Waals surface area contributed by atoms with E-state index in [0.717, 1.165) is 37.7 Å². The van der Waals surface area contributed by atoms with Crippen molar-refractivity contribution in [2.45, 2.75) is 17.3 Å². The summed E-state index contributed by atoms with van der Waals surface area (Å²) < 4.78 is 5.35. The number of carbonyl (C=O) groups excluding carboxylic acids is 1. The predicted octanol–water partition coefficient (Wildman–Crippen LogP) is 1.76. The second kappa shape index (κ2) is 7.47. The SMILES string of the molecule is CC(Sc1ncn[nH]1)C(=O)Nc1ccc(N2CCOCC2)cc1. The Balaban J connectivity index is 1.55. The molecule has 1 amide bonds.